The minimum absolute atomic E-state index is 0.0687. The van der Waals surface area contributed by atoms with E-state index in [9.17, 15) is 4.79 Å². The van der Waals surface area contributed by atoms with Crippen LogP contribution in [-0.2, 0) is 4.79 Å². The molecule has 0 N–H and O–H groups in total. The Hall–Kier alpha value is -2.08. The molecule has 7 heteroatoms. The Morgan fingerprint density at radius 3 is 2.64 bits per heavy atom. The summed E-state index contributed by atoms with van der Waals surface area (Å²) in [5.74, 6) is 0.353. The average Bonchev–Trinajstić information content (AvgIpc) is 3.34. The van der Waals surface area contributed by atoms with E-state index in [0.717, 1.165) is 56.2 Å². The van der Waals surface area contributed by atoms with Crippen molar-refractivity contribution < 1.29 is 4.79 Å². The van der Waals surface area contributed by atoms with Crippen LogP contribution in [0, 0.1) is 5.92 Å². The van der Waals surface area contributed by atoms with Crippen LogP contribution in [0.25, 0.3) is 0 Å². The van der Waals surface area contributed by atoms with E-state index in [4.69, 9.17) is 11.6 Å². The number of aromatic nitrogens is 3. The van der Waals surface area contributed by atoms with Crippen LogP contribution in [0.1, 0.15) is 25.3 Å². The minimum atomic E-state index is 0.0687. The Labute approximate surface area is 152 Å². The monoisotopic (exact) mass is 359 g/mol. The number of carbonyl (C=O) groups excluding carboxylic acids is 1. The number of rotatable bonds is 3. The van der Waals surface area contributed by atoms with E-state index >= 15 is 0 Å². The third kappa shape index (κ3) is 3.35. The average molecular weight is 360 g/mol. The summed E-state index contributed by atoms with van der Waals surface area (Å²) in [6.07, 6.45) is 6.11. The maximum atomic E-state index is 12.9. The lowest BCUT2D eigenvalue weighted by Crippen LogP contribution is -2.43. The van der Waals surface area contributed by atoms with Crippen LogP contribution in [0.4, 0.5) is 5.69 Å². The summed E-state index contributed by atoms with van der Waals surface area (Å²) >= 11 is 6.29. The number of benzene rings is 1. The fraction of sp³-hybridized carbons (Fsp3) is 0.500. The molecule has 0 radical (unpaired) electrons. The van der Waals surface area contributed by atoms with Crippen molar-refractivity contribution in [3.8, 4) is 0 Å². The third-order valence-corrected chi connectivity index (χ3v) is 5.64. The van der Waals surface area contributed by atoms with Crippen LogP contribution >= 0.6 is 11.6 Å². The zero-order chi connectivity index (χ0) is 17.2. The molecule has 132 valence electrons. The Bertz CT molecular complexity index is 727. The van der Waals surface area contributed by atoms with E-state index in [0.29, 0.717) is 6.04 Å². The third-order valence-electron chi connectivity index (χ3n) is 5.32. The standard InChI is InChI=1S/C18H22ClN5O/c19-16-3-1-2-4-17(16)23-8-5-14(11-23)18(25)22-9-6-15(7-10-22)24-13-20-12-21-24/h1-4,12-15H,5-11H2. The quantitative estimate of drug-likeness (QED) is 0.845. The highest BCUT2D eigenvalue weighted by molar-refractivity contribution is 6.33. The topological polar surface area (TPSA) is 54.3 Å². The maximum absolute atomic E-state index is 12.9. The number of piperidine rings is 1. The highest BCUT2D eigenvalue weighted by atomic mass is 35.5. The molecule has 1 atom stereocenters. The van der Waals surface area contributed by atoms with Gasteiger partial charge in [-0.2, -0.15) is 5.10 Å². The molecule has 2 aliphatic rings. The predicted molar refractivity (Wildman–Crippen MR) is 96.6 cm³/mol. The molecule has 25 heavy (non-hydrogen) atoms. The van der Waals surface area contributed by atoms with Gasteiger partial charge in [-0.15, -0.1) is 0 Å². The summed E-state index contributed by atoms with van der Waals surface area (Å²) in [6, 6.07) is 8.21. The Morgan fingerprint density at radius 2 is 1.92 bits per heavy atom. The second kappa shape index (κ2) is 7.04. The van der Waals surface area contributed by atoms with Gasteiger partial charge in [0.05, 0.1) is 22.7 Å². The first kappa shape index (κ1) is 16.4. The number of halogens is 1. The van der Waals surface area contributed by atoms with Gasteiger partial charge in [-0.05, 0) is 31.4 Å². The van der Waals surface area contributed by atoms with E-state index in [2.05, 4.69) is 15.0 Å². The Morgan fingerprint density at radius 1 is 1.12 bits per heavy atom. The molecule has 1 amide bonds. The second-order valence-electron chi connectivity index (χ2n) is 6.81. The van der Waals surface area contributed by atoms with Crippen molar-refractivity contribution in [2.45, 2.75) is 25.3 Å². The number of likely N-dealkylation sites (tertiary alicyclic amines) is 1. The zero-order valence-corrected chi connectivity index (χ0v) is 14.8. The fourth-order valence-corrected chi connectivity index (χ4v) is 4.16. The van der Waals surface area contributed by atoms with Crippen molar-refractivity contribution >= 4 is 23.2 Å². The highest BCUT2D eigenvalue weighted by Gasteiger charge is 2.34. The molecule has 4 rings (SSSR count). The van der Waals surface area contributed by atoms with Crippen molar-refractivity contribution in [1.29, 1.82) is 0 Å². The fourth-order valence-electron chi connectivity index (χ4n) is 3.90. The summed E-state index contributed by atoms with van der Waals surface area (Å²) < 4.78 is 1.91. The van der Waals surface area contributed by atoms with Crippen LogP contribution in [0.15, 0.2) is 36.9 Å². The maximum Gasteiger partial charge on any atom is 0.227 e. The van der Waals surface area contributed by atoms with Gasteiger partial charge in [-0.1, -0.05) is 23.7 Å². The normalized spacial score (nSPS) is 21.7. The zero-order valence-electron chi connectivity index (χ0n) is 14.1. The van der Waals surface area contributed by atoms with Gasteiger partial charge in [0.2, 0.25) is 5.91 Å². The summed E-state index contributed by atoms with van der Waals surface area (Å²) in [5, 5.41) is 4.98. The van der Waals surface area contributed by atoms with Gasteiger partial charge in [0.1, 0.15) is 12.7 Å². The Balaban J connectivity index is 1.34. The predicted octanol–water partition coefficient (Wildman–Crippen LogP) is 2.62. The van der Waals surface area contributed by atoms with Crippen LogP contribution in [0.2, 0.25) is 5.02 Å². The molecule has 1 aromatic heterocycles. The molecule has 0 bridgehead atoms. The lowest BCUT2D eigenvalue weighted by Gasteiger charge is -2.33. The molecule has 1 aromatic carbocycles. The molecule has 2 fully saturated rings. The van der Waals surface area contributed by atoms with Crippen molar-refractivity contribution in [3.63, 3.8) is 0 Å². The molecule has 1 unspecified atom stereocenters. The summed E-state index contributed by atoms with van der Waals surface area (Å²) in [5.41, 5.74) is 1.03. The number of para-hydroxylation sites is 1. The number of hydrogen-bond donors (Lipinski definition) is 0. The molecular formula is C18H22ClN5O. The van der Waals surface area contributed by atoms with Crippen molar-refractivity contribution in [1.82, 2.24) is 19.7 Å². The minimum Gasteiger partial charge on any atom is -0.370 e. The van der Waals surface area contributed by atoms with Crippen LogP contribution in [0.5, 0.6) is 0 Å². The SMILES string of the molecule is O=C(C1CCN(c2ccccc2Cl)C1)N1CCC(n2cncn2)CC1. The second-order valence-corrected chi connectivity index (χ2v) is 7.22. The first-order valence-corrected chi connectivity index (χ1v) is 9.22. The van der Waals surface area contributed by atoms with Gasteiger partial charge >= 0.3 is 0 Å². The summed E-state index contributed by atoms with van der Waals surface area (Å²) in [4.78, 5) is 21.2. The van der Waals surface area contributed by atoms with Crippen LogP contribution in [-0.4, -0.2) is 51.8 Å². The number of amides is 1. The van der Waals surface area contributed by atoms with E-state index < -0.39 is 0 Å². The smallest absolute Gasteiger partial charge is 0.227 e. The van der Waals surface area contributed by atoms with Crippen LogP contribution < -0.4 is 4.90 Å². The Kier molecular flexibility index (Phi) is 4.61. The summed E-state index contributed by atoms with van der Waals surface area (Å²) in [6.45, 7) is 3.24. The van der Waals surface area contributed by atoms with E-state index in [1.165, 1.54) is 0 Å². The van der Waals surface area contributed by atoms with Gasteiger partial charge in [-0.25, -0.2) is 9.67 Å². The molecule has 0 spiro atoms. The lowest BCUT2D eigenvalue weighted by molar-refractivity contribution is -0.136. The van der Waals surface area contributed by atoms with Crippen molar-refractivity contribution in [3.05, 3.63) is 41.9 Å². The van der Waals surface area contributed by atoms with Gasteiger partial charge in [0, 0.05) is 26.2 Å². The summed E-state index contributed by atoms with van der Waals surface area (Å²) in [7, 11) is 0. The molecule has 6 nitrogen and oxygen atoms in total. The number of carbonyl (C=O) groups is 1. The largest absolute Gasteiger partial charge is 0.370 e. The van der Waals surface area contributed by atoms with Crippen molar-refractivity contribution in [2.24, 2.45) is 5.92 Å². The first-order chi connectivity index (χ1) is 12.2. The van der Waals surface area contributed by atoms with E-state index in [1.54, 1.807) is 12.7 Å². The van der Waals surface area contributed by atoms with Crippen LogP contribution in [0.3, 0.4) is 0 Å². The lowest BCUT2D eigenvalue weighted by atomic mass is 10.0. The van der Waals surface area contributed by atoms with Gasteiger partial charge in [0.15, 0.2) is 0 Å². The number of nitrogens with zero attached hydrogens (tertiary/aromatic N) is 5. The molecule has 0 saturated carbocycles. The first-order valence-electron chi connectivity index (χ1n) is 8.85. The number of anilines is 1. The molecule has 2 aliphatic heterocycles. The molecule has 3 heterocycles. The van der Waals surface area contributed by atoms with Gasteiger partial charge < -0.3 is 9.80 Å². The van der Waals surface area contributed by atoms with Crippen molar-refractivity contribution in [2.75, 3.05) is 31.1 Å². The van der Waals surface area contributed by atoms with Gasteiger partial charge in [0.25, 0.3) is 0 Å². The van der Waals surface area contributed by atoms with E-state index in [1.807, 2.05) is 33.8 Å². The molecular weight excluding hydrogens is 338 g/mol. The highest BCUT2D eigenvalue weighted by Crippen LogP contribution is 2.31. The van der Waals surface area contributed by atoms with Gasteiger partial charge in [-0.3, -0.25) is 4.79 Å². The molecule has 0 aliphatic carbocycles. The molecule has 2 saturated heterocycles. The van der Waals surface area contributed by atoms with E-state index in [-0.39, 0.29) is 11.8 Å². The number of hydrogen-bond acceptors (Lipinski definition) is 4. The molecule has 2 aromatic rings.